The van der Waals surface area contributed by atoms with Gasteiger partial charge in [0.25, 0.3) is 0 Å². The normalized spacial score (nSPS) is 13.7. The maximum absolute atomic E-state index is 12.4. The highest BCUT2D eigenvalue weighted by Crippen LogP contribution is 2.27. The maximum atomic E-state index is 12.4. The fraction of sp³-hybridized carbons (Fsp3) is 0.500. The van der Waals surface area contributed by atoms with Crippen LogP contribution in [0.4, 0.5) is 13.2 Å². The van der Waals surface area contributed by atoms with Crippen LogP contribution in [0.5, 0.6) is 0 Å². The molecule has 4 nitrogen and oxygen atoms in total. The van der Waals surface area contributed by atoms with Crippen LogP contribution < -0.4 is 0 Å². The number of Topliss-reactive ketones (excluding diaryl/α,β-unsaturated/α-hetero) is 1. The van der Waals surface area contributed by atoms with Gasteiger partial charge in [0.05, 0.1) is 0 Å². The summed E-state index contributed by atoms with van der Waals surface area (Å²) in [7, 11) is 0. The standard InChI is InChI=1S/C14H16F3NO3/c1-8(12(20)21-13(2,3)4)11(19)9-5-6-10(18-7-9)14(15,16)17/h5-8H,1-4H3. The van der Waals surface area contributed by atoms with Gasteiger partial charge in [-0.05, 0) is 39.8 Å². The molecule has 1 rings (SSSR count). The van der Waals surface area contributed by atoms with Crippen LogP contribution >= 0.6 is 0 Å². The SMILES string of the molecule is CC(C(=O)OC(C)(C)C)C(=O)c1ccc(C(F)(F)F)nc1. The highest BCUT2D eigenvalue weighted by molar-refractivity contribution is 6.08. The number of aromatic nitrogens is 1. The number of alkyl halides is 3. The first kappa shape index (κ1) is 17.1. The quantitative estimate of drug-likeness (QED) is 0.488. The third-order valence-electron chi connectivity index (χ3n) is 2.49. The summed E-state index contributed by atoms with van der Waals surface area (Å²) in [5.41, 5.74) is -1.91. The Labute approximate surface area is 120 Å². The lowest BCUT2D eigenvalue weighted by molar-refractivity contribution is -0.157. The Morgan fingerprint density at radius 2 is 1.76 bits per heavy atom. The number of nitrogens with zero attached hydrogens (tertiary/aromatic N) is 1. The molecule has 0 amide bonds. The third-order valence-corrected chi connectivity index (χ3v) is 2.49. The number of pyridine rings is 1. The fourth-order valence-corrected chi connectivity index (χ4v) is 1.45. The Bertz CT molecular complexity index is 530. The number of rotatable bonds is 3. The molecule has 0 saturated heterocycles. The van der Waals surface area contributed by atoms with E-state index in [1.165, 1.54) is 6.92 Å². The molecule has 0 saturated carbocycles. The number of ether oxygens (including phenoxy) is 1. The number of carbonyl (C=O) groups is 2. The van der Waals surface area contributed by atoms with E-state index in [0.717, 1.165) is 12.3 Å². The molecule has 0 N–H and O–H groups in total. The van der Waals surface area contributed by atoms with Crippen molar-refractivity contribution < 1.29 is 27.5 Å². The lowest BCUT2D eigenvalue weighted by Crippen LogP contribution is -2.31. The van der Waals surface area contributed by atoms with Crippen LogP contribution in [0.15, 0.2) is 18.3 Å². The first-order valence-electron chi connectivity index (χ1n) is 6.22. The van der Waals surface area contributed by atoms with E-state index in [1.54, 1.807) is 20.8 Å². The molecular weight excluding hydrogens is 287 g/mol. The van der Waals surface area contributed by atoms with E-state index in [2.05, 4.69) is 4.98 Å². The summed E-state index contributed by atoms with van der Waals surface area (Å²) in [6.45, 7) is 6.30. The summed E-state index contributed by atoms with van der Waals surface area (Å²) in [4.78, 5) is 27.0. The van der Waals surface area contributed by atoms with Gasteiger partial charge in [-0.25, -0.2) is 0 Å². The van der Waals surface area contributed by atoms with E-state index in [9.17, 15) is 22.8 Å². The van der Waals surface area contributed by atoms with Crippen molar-refractivity contribution in [1.29, 1.82) is 0 Å². The molecule has 1 aromatic rings. The van der Waals surface area contributed by atoms with Crippen molar-refractivity contribution >= 4 is 11.8 Å². The highest BCUT2D eigenvalue weighted by atomic mass is 19.4. The Morgan fingerprint density at radius 3 is 2.14 bits per heavy atom. The third kappa shape index (κ3) is 4.84. The van der Waals surface area contributed by atoms with Crippen LogP contribution in [0.2, 0.25) is 0 Å². The first-order chi connectivity index (χ1) is 9.42. The minimum absolute atomic E-state index is 0.0682. The summed E-state index contributed by atoms with van der Waals surface area (Å²) >= 11 is 0. The molecule has 0 aliphatic carbocycles. The zero-order valence-corrected chi connectivity index (χ0v) is 12.1. The maximum Gasteiger partial charge on any atom is 0.433 e. The summed E-state index contributed by atoms with van der Waals surface area (Å²) in [5, 5.41) is 0. The Kier molecular flexibility index (Phi) is 4.76. The van der Waals surface area contributed by atoms with Gasteiger partial charge < -0.3 is 4.74 Å². The predicted molar refractivity (Wildman–Crippen MR) is 68.6 cm³/mol. The molecule has 1 aromatic heterocycles. The van der Waals surface area contributed by atoms with Gasteiger partial charge in [-0.2, -0.15) is 13.2 Å². The van der Waals surface area contributed by atoms with Crippen LogP contribution in [0.25, 0.3) is 0 Å². The molecule has 0 fully saturated rings. The second-order valence-electron chi connectivity index (χ2n) is 5.55. The lowest BCUT2D eigenvalue weighted by Gasteiger charge is -2.21. The molecule has 0 spiro atoms. The molecule has 1 atom stereocenters. The number of hydrogen-bond donors (Lipinski definition) is 0. The Morgan fingerprint density at radius 1 is 1.19 bits per heavy atom. The van der Waals surface area contributed by atoms with Gasteiger partial charge in [0.1, 0.15) is 17.2 Å². The number of ketones is 1. The van der Waals surface area contributed by atoms with E-state index < -0.39 is 35.1 Å². The monoisotopic (exact) mass is 303 g/mol. The summed E-state index contributed by atoms with van der Waals surface area (Å²) < 4.78 is 42.2. The van der Waals surface area contributed by atoms with E-state index in [0.29, 0.717) is 6.07 Å². The molecule has 116 valence electrons. The van der Waals surface area contributed by atoms with Crippen molar-refractivity contribution in [2.75, 3.05) is 0 Å². The van der Waals surface area contributed by atoms with Crippen molar-refractivity contribution in [2.45, 2.75) is 39.5 Å². The van der Waals surface area contributed by atoms with Gasteiger partial charge in [-0.1, -0.05) is 0 Å². The summed E-state index contributed by atoms with van der Waals surface area (Å²) in [6, 6.07) is 1.70. The summed E-state index contributed by atoms with van der Waals surface area (Å²) in [6.07, 6.45) is -3.76. The van der Waals surface area contributed by atoms with E-state index in [4.69, 9.17) is 4.74 Å². The van der Waals surface area contributed by atoms with E-state index in [1.807, 2.05) is 0 Å². The van der Waals surface area contributed by atoms with Gasteiger partial charge in [0.2, 0.25) is 0 Å². The molecule has 1 heterocycles. The average molecular weight is 303 g/mol. The van der Waals surface area contributed by atoms with Crippen LogP contribution in [0.3, 0.4) is 0 Å². The molecule has 7 heteroatoms. The van der Waals surface area contributed by atoms with E-state index in [-0.39, 0.29) is 5.56 Å². The fourth-order valence-electron chi connectivity index (χ4n) is 1.45. The van der Waals surface area contributed by atoms with Crippen LogP contribution in [-0.4, -0.2) is 22.3 Å². The van der Waals surface area contributed by atoms with Crippen molar-refractivity contribution in [3.05, 3.63) is 29.6 Å². The average Bonchev–Trinajstić information content (AvgIpc) is 2.34. The molecule has 0 aliphatic rings. The van der Waals surface area contributed by atoms with Gasteiger partial charge in [-0.3, -0.25) is 14.6 Å². The number of esters is 1. The topological polar surface area (TPSA) is 56.3 Å². The van der Waals surface area contributed by atoms with Gasteiger partial charge in [0.15, 0.2) is 5.78 Å². The largest absolute Gasteiger partial charge is 0.459 e. The lowest BCUT2D eigenvalue weighted by atomic mass is 10.0. The molecule has 0 aromatic carbocycles. The second kappa shape index (κ2) is 5.83. The zero-order valence-electron chi connectivity index (χ0n) is 12.1. The van der Waals surface area contributed by atoms with Crippen molar-refractivity contribution in [1.82, 2.24) is 4.98 Å². The van der Waals surface area contributed by atoms with Crippen molar-refractivity contribution in [3.63, 3.8) is 0 Å². The first-order valence-corrected chi connectivity index (χ1v) is 6.22. The smallest absolute Gasteiger partial charge is 0.433 e. The molecule has 0 aliphatic heterocycles. The molecule has 0 bridgehead atoms. The van der Waals surface area contributed by atoms with Gasteiger partial charge in [-0.15, -0.1) is 0 Å². The van der Waals surface area contributed by atoms with Crippen LogP contribution in [0.1, 0.15) is 43.7 Å². The van der Waals surface area contributed by atoms with Crippen LogP contribution in [-0.2, 0) is 15.7 Å². The predicted octanol–water partition coefficient (Wildman–Crippen LogP) is 3.26. The molecular formula is C14H16F3NO3. The van der Waals surface area contributed by atoms with Crippen molar-refractivity contribution in [3.8, 4) is 0 Å². The summed E-state index contributed by atoms with van der Waals surface area (Å²) in [5.74, 6) is -2.47. The second-order valence-corrected chi connectivity index (χ2v) is 5.55. The number of carbonyl (C=O) groups excluding carboxylic acids is 2. The van der Waals surface area contributed by atoms with E-state index >= 15 is 0 Å². The van der Waals surface area contributed by atoms with Crippen LogP contribution in [0, 0.1) is 5.92 Å². The zero-order chi connectivity index (χ0) is 16.4. The van der Waals surface area contributed by atoms with Gasteiger partial charge in [0, 0.05) is 11.8 Å². The molecule has 1 unspecified atom stereocenters. The Hall–Kier alpha value is -1.92. The highest BCUT2D eigenvalue weighted by Gasteiger charge is 2.33. The Balaban J connectivity index is 2.86. The molecule has 21 heavy (non-hydrogen) atoms. The van der Waals surface area contributed by atoms with Crippen molar-refractivity contribution in [2.24, 2.45) is 5.92 Å². The number of halogens is 3. The van der Waals surface area contributed by atoms with Gasteiger partial charge >= 0.3 is 12.1 Å². The minimum atomic E-state index is -4.57. The number of hydrogen-bond acceptors (Lipinski definition) is 4. The molecule has 0 radical (unpaired) electrons. The minimum Gasteiger partial charge on any atom is -0.459 e.